The van der Waals surface area contributed by atoms with Crippen LogP contribution in [0.3, 0.4) is 0 Å². The fraction of sp³-hybridized carbons (Fsp3) is 0.250. The molecule has 0 unspecified atom stereocenters. The molecule has 0 saturated heterocycles. The van der Waals surface area contributed by atoms with Gasteiger partial charge in [0.2, 0.25) is 0 Å². The van der Waals surface area contributed by atoms with E-state index in [0.717, 1.165) is 22.4 Å². The van der Waals surface area contributed by atoms with Crippen molar-refractivity contribution in [3.8, 4) is 0 Å². The first-order valence-corrected chi connectivity index (χ1v) is 5.66. The lowest BCUT2D eigenvalue weighted by atomic mass is 10.2. The third-order valence-electron chi connectivity index (χ3n) is 3.00. The molecule has 6 heteroatoms. The Morgan fingerprint density at radius 2 is 2.22 bits per heavy atom. The topological polar surface area (TPSA) is 68.8 Å². The summed E-state index contributed by atoms with van der Waals surface area (Å²) in [7, 11) is 1.86. The van der Waals surface area contributed by atoms with Crippen LogP contribution in [0.15, 0.2) is 30.9 Å². The second-order valence-electron chi connectivity index (χ2n) is 4.11. The summed E-state index contributed by atoms with van der Waals surface area (Å²) in [5.41, 5.74) is 1.73. The highest BCUT2D eigenvalue weighted by Gasteiger charge is 2.10. The predicted molar refractivity (Wildman–Crippen MR) is 65.8 cm³/mol. The van der Waals surface area contributed by atoms with E-state index in [1.807, 2.05) is 29.9 Å². The number of hydrogen-bond acceptors (Lipinski definition) is 4. The largest absolute Gasteiger partial charge is 0.392 e. The lowest BCUT2D eigenvalue weighted by molar-refractivity contribution is 0.283. The zero-order valence-electron chi connectivity index (χ0n) is 9.98. The predicted octanol–water partition coefficient (Wildman–Crippen LogP) is 0.705. The third-order valence-corrected chi connectivity index (χ3v) is 3.00. The molecule has 3 aromatic heterocycles. The molecular weight excluding hydrogens is 230 g/mol. The fourth-order valence-corrected chi connectivity index (χ4v) is 2.06. The van der Waals surface area contributed by atoms with Gasteiger partial charge < -0.3 is 9.67 Å². The van der Waals surface area contributed by atoms with Gasteiger partial charge in [0.25, 0.3) is 0 Å². The number of aryl methyl sites for hydroxylation is 1. The molecule has 0 bridgehead atoms. The zero-order chi connectivity index (χ0) is 12.5. The second-order valence-corrected chi connectivity index (χ2v) is 4.11. The molecule has 6 nitrogen and oxygen atoms in total. The number of aliphatic hydroxyl groups is 1. The summed E-state index contributed by atoms with van der Waals surface area (Å²) in [6.45, 7) is 0.595. The fourth-order valence-electron chi connectivity index (χ4n) is 2.06. The lowest BCUT2D eigenvalue weighted by Crippen LogP contribution is -2.06. The molecule has 0 aliphatic rings. The van der Waals surface area contributed by atoms with Crippen LogP contribution in [0.5, 0.6) is 0 Å². The van der Waals surface area contributed by atoms with Crippen molar-refractivity contribution in [3.05, 3.63) is 42.2 Å². The van der Waals surface area contributed by atoms with Gasteiger partial charge in [-0.25, -0.2) is 9.97 Å². The minimum absolute atomic E-state index is 0.00795. The van der Waals surface area contributed by atoms with Crippen molar-refractivity contribution in [2.45, 2.75) is 13.2 Å². The molecule has 0 fully saturated rings. The Balaban J connectivity index is 2.09. The molecule has 0 spiro atoms. The van der Waals surface area contributed by atoms with E-state index in [1.165, 1.54) is 6.33 Å². The van der Waals surface area contributed by atoms with Crippen molar-refractivity contribution in [2.75, 3.05) is 0 Å². The van der Waals surface area contributed by atoms with Crippen LogP contribution >= 0.6 is 0 Å². The highest BCUT2D eigenvalue weighted by Crippen LogP contribution is 2.19. The van der Waals surface area contributed by atoms with Gasteiger partial charge in [-0.05, 0) is 12.1 Å². The number of rotatable bonds is 3. The van der Waals surface area contributed by atoms with Crippen molar-refractivity contribution in [1.82, 2.24) is 24.3 Å². The molecule has 0 atom stereocenters. The molecule has 0 aromatic carbocycles. The molecular formula is C12H13N5O. The summed E-state index contributed by atoms with van der Waals surface area (Å²) in [5, 5.41) is 14.4. The number of pyridine rings is 1. The van der Waals surface area contributed by atoms with Crippen LogP contribution in [0.25, 0.3) is 11.0 Å². The van der Waals surface area contributed by atoms with E-state index >= 15 is 0 Å². The smallest absolute Gasteiger partial charge is 0.146 e. The number of nitrogens with zero attached hydrogens (tertiary/aromatic N) is 5. The standard InChI is InChI=1S/C12H13N5O/c1-16-11(14-8-15-16)6-17-5-9(7-18)10-3-2-4-13-12(10)17/h2-5,8,18H,6-7H2,1H3. The minimum Gasteiger partial charge on any atom is -0.392 e. The summed E-state index contributed by atoms with van der Waals surface area (Å²) in [6, 6.07) is 3.83. The van der Waals surface area contributed by atoms with Crippen molar-refractivity contribution < 1.29 is 5.11 Å². The number of fused-ring (bicyclic) bond motifs is 1. The van der Waals surface area contributed by atoms with E-state index in [0.29, 0.717) is 6.54 Å². The summed E-state index contributed by atoms with van der Waals surface area (Å²) in [5.74, 6) is 0.849. The van der Waals surface area contributed by atoms with Gasteiger partial charge in [0.1, 0.15) is 17.8 Å². The molecule has 92 valence electrons. The quantitative estimate of drug-likeness (QED) is 0.735. The first-order chi connectivity index (χ1) is 8.79. The Hall–Kier alpha value is -2.21. The van der Waals surface area contributed by atoms with Crippen LogP contribution in [0, 0.1) is 0 Å². The Labute approximate surface area is 104 Å². The van der Waals surface area contributed by atoms with Crippen LogP contribution < -0.4 is 0 Å². The van der Waals surface area contributed by atoms with Crippen LogP contribution in [0.2, 0.25) is 0 Å². The molecule has 3 rings (SSSR count). The summed E-state index contributed by atoms with van der Waals surface area (Å²) < 4.78 is 3.71. The average molecular weight is 243 g/mol. The van der Waals surface area contributed by atoms with Crippen molar-refractivity contribution in [2.24, 2.45) is 7.05 Å². The first-order valence-electron chi connectivity index (χ1n) is 5.66. The Morgan fingerprint density at radius 3 is 2.94 bits per heavy atom. The van der Waals surface area contributed by atoms with Crippen LogP contribution in [0.1, 0.15) is 11.4 Å². The molecule has 18 heavy (non-hydrogen) atoms. The minimum atomic E-state index is 0.00795. The van der Waals surface area contributed by atoms with Crippen LogP contribution in [-0.2, 0) is 20.2 Å². The number of hydrogen-bond donors (Lipinski definition) is 1. The zero-order valence-corrected chi connectivity index (χ0v) is 9.98. The van der Waals surface area contributed by atoms with Gasteiger partial charge in [-0.3, -0.25) is 4.68 Å². The third kappa shape index (κ3) is 1.67. The van der Waals surface area contributed by atoms with Crippen molar-refractivity contribution >= 4 is 11.0 Å². The molecule has 3 aromatic rings. The Bertz CT molecular complexity index is 685. The molecule has 3 heterocycles. The maximum absolute atomic E-state index is 9.36. The van der Waals surface area contributed by atoms with Gasteiger partial charge in [0, 0.05) is 30.4 Å². The molecule has 0 aliphatic carbocycles. The van der Waals surface area contributed by atoms with Crippen molar-refractivity contribution in [3.63, 3.8) is 0 Å². The van der Waals surface area contributed by atoms with Gasteiger partial charge in [-0.1, -0.05) is 0 Å². The maximum Gasteiger partial charge on any atom is 0.146 e. The van der Waals surface area contributed by atoms with E-state index in [-0.39, 0.29) is 6.61 Å². The summed E-state index contributed by atoms with van der Waals surface area (Å²) >= 11 is 0. The molecule has 0 aliphatic heterocycles. The van der Waals surface area contributed by atoms with Crippen LogP contribution in [-0.4, -0.2) is 29.4 Å². The molecule has 1 N–H and O–H groups in total. The first kappa shape index (κ1) is 10.9. The van der Waals surface area contributed by atoms with E-state index in [2.05, 4.69) is 15.1 Å². The average Bonchev–Trinajstić information content (AvgIpc) is 2.95. The van der Waals surface area contributed by atoms with E-state index < -0.39 is 0 Å². The van der Waals surface area contributed by atoms with E-state index in [1.54, 1.807) is 10.9 Å². The number of aliphatic hydroxyl groups excluding tert-OH is 1. The lowest BCUT2D eigenvalue weighted by Gasteiger charge is -2.03. The van der Waals surface area contributed by atoms with Crippen molar-refractivity contribution in [1.29, 1.82) is 0 Å². The van der Waals surface area contributed by atoms with Gasteiger partial charge >= 0.3 is 0 Å². The van der Waals surface area contributed by atoms with E-state index in [9.17, 15) is 5.11 Å². The molecule has 0 amide bonds. The monoisotopic (exact) mass is 243 g/mol. The van der Waals surface area contributed by atoms with Gasteiger partial charge in [-0.15, -0.1) is 0 Å². The summed E-state index contributed by atoms with van der Waals surface area (Å²) in [6.07, 6.45) is 5.18. The highest BCUT2D eigenvalue weighted by atomic mass is 16.3. The SMILES string of the molecule is Cn1ncnc1Cn1cc(CO)c2cccnc21. The highest BCUT2D eigenvalue weighted by molar-refractivity contribution is 5.80. The van der Waals surface area contributed by atoms with E-state index in [4.69, 9.17) is 0 Å². The van der Waals surface area contributed by atoms with Gasteiger partial charge in [-0.2, -0.15) is 5.10 Å². The Morgan fingerprint density at radius 1 is 1.33 bits per heavy atom. The van der Waals surface area contributed by atoms with Gasteiger partial charge in [0.05, 0.1) is 13.2 Å². The van der Waals surface area contributed by atoms with Crippen LogP contribution in [0.4, 0.5) is 0 Å². The second kappa shape index (κ2) is 4.23. The Kier molecular flexibility index (Phi) is 2.56. The molecule has 0 radical (unpaired) electrons. The summed E-state index contributed by atoms with van der Waals surface area (Å²) in [4.78, 5) is 8.55. The molecule has 0 saturated carbocycles. The van der Waals surface area contributed by atoms with Gasteiger partial charge in [0.15, 0.2) is 0 Å². The normalized spacial score (nSPS) is 11.2. The number of aromatic nitrogens is 5. The maximum atomic E-state index is 9.36.